The highest BCUT2D eigenvalue weighted by molar-refractivity contribution is 5.96. The number of amides is 1. The van der Waals surface area contributed by atoms with Crippen LogP contribution in [0.3, 0.4) is 0 Å². The van der Waals surface area contributed by atoms with Gasteiger partial charge in [-0.15, -0.1) is 0 Å². The van der Waals surface area contributed by atoms with Crippen LogP contribution in [-0.2, 0) is 0 Å². The first-order chi connectivity index (χ1) is 13.5. The van der Waals surface area contributed by atoms with Gasteiger partial charge in [0.05, 0.1) is 17.3 Å². The number of carbonyl (C=O) groups excluding carboxylic acids is 1. The fraction of sp³-hybridized carbons (Fsp3) is 0.200. The Hall–Kier alpha value is -3.68. The van der Waals surface area contributed by atoms with Crippen LogP contribution in [0.1, 0.15) is 35.8 Å². The number of carbonyl (C=O) groups is 1. The van der Waals surface area contributed by atoms with Gasteiger partial charge in [-0.25, -0.2) is 4.98 Å². The summed E-state index contributed by atoms with van der Waals surface area (Å²) in [7, 11) is 0. The van der Waals surface area contributed by atoms with Crippen LogP contribution >= 0.6 is 0 Å². The molecule has 0 fully saturated rings. The molecule has 0 bridgehead atoms. The first kappa shape index (κ1) is 19.1. The van der Waals surface area contributed by atoms with E-state index in [-0.39, 0.29) is 23.2 Å². The normalized spacial score (nSPS) is 11.6. The Labute approximate surface area is 162 Å². The van der Waals surface area contributed by atoms with E-state index in [9.17, 15) is 14.9 Å². The van der Waals surface area contributed by atoms with E-state index in [1.165, 1.54) is 6.07 Å². The molecule has 8 nitrogen and oxygen atoms in total. The first-order valence-corrected chi connectivity index (χ1v) is 8.91. The first-order valence-electron chi connectivity index (χ1n) is 8.91. The number of hydrogen-bond donors (Lipinski definition) is 2. The van der Waals surface area contributed by atoms with Crippen molar-refractivity contribution in [3.8, 4) is 5.69 Å². The molecule has 0 saturated carbocycles. The zero-order valence-corrected chi connectivity index (χ0v) is 15.6. The molecule has 28 heavy (non-hydrogen) atoms. The number of nitrogens with one attached hydrogen (secondary N) is 2. The largest absolute Gasteiger partial charge is 0.380 e. The van der Waals surface area contributed by atoms with Gasteiger partial charge in [0.15, 0.2) is 0 Å². The summed E-state index contributed by atoms with van der Waals surface area (Å²) < 4.78 is 1.89. The molecular formula is C20H21N5O3. The summed E-state index contributed by atoms with van der Waals surface area (Å²) in [5, 5.41) is 17.1. The molecule has 0 radical (unpaired) electrons. The van der Waals surface area contributed by atoms with E-state index in [0.717, 1.165) is 11.3 Å². The summed E-state index contributed by atoms with van der Waals surface area (Å²) >= 11 is 0. The molecule has 8 heteroatoms. The molecule has 3 rings (SSSR count). The van der Waals surface area contributed by atoms with Crippen LogP contribution < -0.4 is 10.6 Å². The number of nitro benzene ring substituents is 1. The van der Waals surface area contributed by atoms with Crippen molar-refractivity contribution in [2.75, 3.05) is 11.9 Å². The second-order valence-corrected chi connectivity index (χ2v) is 6.28. The fourth-order valence-corrected chi connectivity index (χ4v) is 2.87. The van der Waals surface area contributed by atoms with Gasteiger partial charge in [-0.3, -0.25) is 14.9 Å². The third-order valence-electron chi connectivity index (χ3n) is 4.37. The lowest BCUT2D eigenvalue weighted by Crippen LogP contribution is -2.26. The molecule has 1 unspecified atom stereocenters. The van der Waals surface area contributed by atoms with Crippen LogP contribution in [0.15, 0.2) is 61.2 Å². The summed E-state index contributed by atoms with van der Waals surface area (Å²) in [5.41, 5.74) is 2.42. The Morgan fingerprint density at radius 3 is 2.61 bits per heavy atom. The lowest BCUT2D eigenvalue weighted by molar-refractivity contribution is -0.384. The molecule has 0 spiro atoms. The van der Waals surface area contributed by atoms with E-state index in [1.807, 2.05) is 48.9 Å². The van der Waals surface area contributed by atoms with Gasteiger partial charge in [0.25, 0.3) is 11.6 Å². The van der Waals surface area contributed by atoms with E-state index in [1.54, 1.807) is 24.7 Å². The van der Waals surface area contributed by atoms with E-state index < -0.39 is 4.92 Å². The second-order valence-electron chi connectivity index (χ2n) is 6.28. The predicted octanol–water partition coefficient (Wildman–Crippen LogP) is 3.70. The minimum atomic E-state index is -0.493. The molecule has 2 aromatic carbocycles. The Kier molecular flexibility index (Phi) is 5.69. The van der Waals surface area contributed by atoms with E-state index in [0.29, 0.717) is 12.2 Å². The van der Waals surface area contributed by atoms with E-state index in [2.05, 4.69) is 15.6 Å². The Morgan fingerprint density at radius 2 is 2.00 bits per heavy atom. The average Bonchev–Trinajstić information content (AvgIpc) is 3.23. The molecule has 3 aromatic rings. The smallest absolute Gasteiger partial charge is 0.293 e. The number of hydrogen-bond acceptors (Lipinski definition) is 5. The van der Waals surface area contributed by atoms with Gasteiger partial charge in [-0.05, 0) is 43.7 Å². The second kappa shape index (κ2) is 8.34. The van der Waals surface area contributed by atoms with Crippen molar-refractivity contribution < 1.29 is 9.72 Å². The number of aromatic nitrogens is 2. The number of rotatable bonds is 7. The van der Waals surface area contributed by atoms with Gasteiger partial charge in [0.1, 0.15) is 5.69 Å². The molecule has 0 saturated heterocycles. The third-order valence-corrected chi connectivity index (χ3v) is 4.37. The third kappa shape index (κ3) is 4.17. The molecule has 1 heterocycles. The highest BCUT2D eigenvalue weighted by Crippen LogP contribution is 2.26. The highest BCUT2D eigenvalue weighted by Gasteiger charge is 2.18. The number of benzene rings is 2. The fourth-order valence-electron chi connectivity index (χ4n) is 2.87. The van der Waals surface area contributed by atoms with Crippen LogP contribution in [0.5, 0.6) is 0 Å². The van der Waals surface area contributed by atoms with Crippen molar-refractivity contribution in [3.63, 3.8) is 0 Å². The van der Waals surface area contributed by atoms with E-state index in [4.69, 9.17) is 0 Å². The van der Waals surface area contributed by atoms with Gasteiger partial charge >= 0.3 is 0 Å². The molecular weight excluding hydrogens is 358 g/mol. The average molecular weight is 379 g/mol. The summed E-state index contributed by atoms with van der Waals surface area (Å²) in [6.07, 6.45) is 5.27. The zero-order valence-electron chi connectivity index (χ0n) is 15.6. The van der Waals surface area contributed by atoms with Gasteiger partial charge in [0.2, 0.25) is 0 Å². The molecule has 0 aliphatic heterocycles. The number of anilines is 1. The van der Waals surface area contributed by atoms with Crippen LogP contribution in [0.4, 0.5) is 11.4 Å². The number of imidazole rings is 1. The number of nitro groups is 1. The molecule has 2 N–H and O–H groups in total. The SMILES string of the molecule is CCNc1ccc(C(=O)NC(C)c2ccc(-n3ccnc3)cc2)cc1[N+](=O)[O-]. The van der Waals surface area contributed by atoms with Crippen LogP contribution in [0.2, 0.25) is 0 Å². The molecule has 0 aliphatic carbocycles. The van der Waals surface area contributed by atoms with Crippen molar-refractivity contribution in [2.24, 2.45) is 0 Å². The standard InChI is InChI=1S/C20H21N5O3/c1-3-22-18-9-6-16(12-19(18)25(27)28)20(26)23-14(2)15-4-7-17(8-5-15)24-11-10-21-13-24/h4-14,22H,3H2,1-2H3,(H,23,26). The molecule has 1 amide bonds. The van der Waals surface area contributed by atoms with Crippen molar-refractivity contribution in [1.29, 1.82) is 0 Å². The maximum atomic E-state index is 12.6. The van der Waals surface area contributed by atoms with Gasteiger partial charge in [0, 0.05) is 36.3 Å². The number of nitrogens with zero attached hydrogens (tertiary/aromatic N) is 3. The maximum absolute atomic E-state index is 12.6. The van der Waals surface area contributed by atoms with Gasteiger partial charge < -0.3 is 15.2 Å². The van der Waals surface area contributed by atoms with Crippen LogP contribution in [0, 0.1) is 10.1 Å². The van der Waals surface area contributed by atoms with Gasteiger partial charge in [-0.1, -0.05) is 12.1 Å². The van der Waals surface area contributed by atoms with Gasteiger partial charge in [-0.2, -0.15) is 0 Å². The zero-order chi connectivity index (χ0) is 20.1. The van der Waals surface area contributed by atoms with E-state index >= 15 is 0 Å². The maximum Gasteiger partial charge on any atom is 0.293 e. The van der Waals surface area contributed by atoms with Crippen LogP contribution in [-0.4, -0.2) is 26.9 Å². The summed E-state index contributed by atoms with van der Waals surface area (Å²) in [6.45, 7) is 4.27. The van der Waals surface area contributed by atoms with Crippen LogP contribution in [0.25, 0.3) is 5.69 Å². The Balaban J connectivity index is 1.73. The summed E-state index contributed by atoms with van der Waals surface area (Å²) in [6, 6.07) is 11.9. The van der Waals surface area contributed by atoms with Crippen molar-refractivity contribution >= 4 is 17.3 Å². The lowest BCUT2D eigenvalue weighted by atomic mass is 10.1. The quantitative estimate of drug-likeness (QED) is 0.481. The Bertz CT molecular complexity index is 968. The summed E-state index contributed by atoms with van der Waals surface area (Å²) in [5.74, 6) is -0.364. The van der Waals surface area contributed by atoms with Crippen molar-refractivity contribution in [1.82, 2.24) is 14.9 Å². The molecule has 144 valence electrons. The minimum absolute atomic E-state index is 0.119. The molecule has 1 aromatic heterocycles. The molecule has 1 atom stereocenters. The lowest BCUT2D eigenvalue weighted by Gasteiger charge is -2.15. The summed E-state index contributed by atoms with van der Waals surface area (Å²) in [4.78, 5) is 27.4. The predicted molar refractivity (Wildman–Crippen MR) is 107 cm³/mol. The topological polar surface area (TPSA) is 102 Å². The van der Waals surface area contributed by atoms with Crippen molar-refractivity contribution in [2.45, 2.75) is 19.9 Å². The monoisotopic (exact) mass is 379 g/mol. The Morgan fingerprint density at radius 1 is 1.25 bits per heavy atom. The minimum Gasteiger partial charge on any atom is -0.380 e. The molecule has 0 aliphatic rings. The van der Waals surface area contributed by atoms with Crippen molar-refractivity contribution in [3.05, 3.63) is 82.4 Å². The highest BCUT2D eigenvalue weighted by atomic mass is 16.6.